The monoisotopic (exact) mass is 523 g/mol. The van der Waals surface area contributed by atoms with Gasteiger partial charge in [0.05, 0.1) is 6.04 Å². The summed E-state index contributed by atoms with van der Waals surface area (Å²) >= 11 is 1.12. The highest BCUT2D eigenvalue weighted by Crippen LogP contribution is 2.44. The number of carbonyl (C=O) groups is 1. The van der Waals surface area contributed by atoms with E-state index in [1.807, 2.05) is 0 Å². The van der Waals surface area contributed by atoms with Gasteiger partial charge < -0.3 is 10.0 Å². The summed E-state index contributed by atoms with van der Waals surface area (Å²) in [6.07, 6.45) is -3.64. The minimum Gasteiger partial charge on any atom is -0.502 e. The molecule has 2 aliphatic rings. The number of thioether (sulfide) groups is 1. The molecule has 0 fully saturated rings. The Bertz CT molecular complexity index is 1440. The molecule has 0 spiro atoms. The Labute approximate surface area is 205 Å². The highest BCUT2D eigenvalue weighted by Gasteiger charge is 2.47. The lowest BCUT2D eigenvalue weighted by atomic mass is 9.94. The summed E-state index contributed by atoms with van der Waals surface area (Å²) < 4.78 is 71.4. The molecule has 3 heterocycles. The number of nitrogens with zero attached hydrogens (tertiary/aromatic N) is 3. The number of pyridine rings is 1. The second-order valence-electron chi connectivity index (χ2n) is 8.49. The molecule has 1 aromatic heterocycles. The third kappa shape index (κ3) is 3.80. The highest BCUT2D eigenvalue weighted by molar-refractivity contribution is 7.98. The van der Waals surface area contributed by atoms with Crippen LogP contribution >= 0.6 is 11.8 Å². The number of amides is 1. The van der Waals surface area contributed by atoms with Gasteiger partial charge in [0.2, 0.25) is 5.43 Å². The first kappa shape index (κ1) is 24.2. The first-order chi connectivity index (χ1) is 17.0. The number of benzene rings is 2. The maximum absolute atomic E-state index is 14.9. The minimum absolute atomic E-state index is 0.190. The van der Waals surface area contributed by atoms with E-state index in [0.717, 1.165) is 29.4 Å². The van der Waals surface area contributed by atoms with E-state index in [1.54, 1.807) is 6.07 Å². The molecule has 0 aliphatic carbocycles. The summed E-state index contributed by atoms with van der Waals surface area (Å²) in [4.78, 5) is 26.0. The van der Waals surface area contributed by atoms with Crippen LogP contribution in [0.4, 0.5) is 22.0 Å². The lowest BCUT2D eigenvalue weighted by Gasteiger charge is -2.46. The number of aromatic hydroxyl groups is 1. The van der Waals surface area contributed by atoms with E-state index >= 15 is 0 Å². The lowest BCUT2D eigenvalue weighted by molar-refractivity contribution is -0.173. The summed E-state index contributed by atoms with van der Waals surface area (Å²) in [7, 11) is 0. The van der Waals surface area contributed by atoms with E-state index in [9.17, 15) is 36.6 Å². The van der Waals surface area contributed by atoms with Crippen LogP contribution in [-0.4, -0.2) is 39.5 Å². The summed E-state index contributed by atoms with van der Waals surface area (Å²) in [6, 6.07) is 5.94. The largest absolute Gasteiger partial charge is 0.502 e. The smallest absolute Gasteiger partial charge is 0.408 e. The molecular weight excluding hydrogens is 505 g/mol. The quantitative estimate of drug-likeness (QED) is 0.501. The molecule has 6 nitrogen and oxygen atoms in total. The Hall–Kier alpha value is -3.54. The Balaban J connectivity index is 1.80. The number of aromatic nitrogens is 1. The predicted molar refractivity (Wildman–Crippen MR) is 121 cm³/mol. The van der Waals surface area contributed by atoms with Crippen molar-refractivity contribution in [3.63, 3.8) is 0 Å². The van der Waals surface area contributed by atoms with Crippen molar-refractivity contribution in [3.8, 4) is 5.75 Å². The van der Waals surface area contributed by atoms with Crippen LogP contribution in [0.3, 0.4) is 0 Å². The van der Waals surface area contributed by atoms with Gasteiger partial charge in [-0.2, -0.15) is 13.2 Å². The van der Waals surface area contributed by atoms with Crippen LogP contribution in [0.25, 0.3) is 0 Å². The highest BCUT2D eigenvalue weighted by atomic mass is 32.2. The molecule has 0 unspecified atom stereocenters. The molecule has 1 N–H and O–H groups in total. The molecule has 0 saturated heterocycles. The van der Waals surface area contributed by atoms with Gasteiger partial charge in [-0.3, -0.25) is 19.3 Å². The molecule has 1 amide bonds. The number of fused-ring (bicyclic) bond motifs is 3. The van der Waals surface area contributed by atoms with E-state index in [0.29, 0.717) is 21.6 Å². The van der Waals surface area contributed by atoms with Gasteiger partial charge in [-0.25, -0.2) is 8.78 Å². The van der Waals surface area contributed by atoms with Crippen molar-refractivity contribution >= 4 is 17.7 Å². The zero-order chi connectivity index (χ0) is 25.9. The van der Waals surface area contributed by atoms with E-state index in [2.05, 4.69) is 0 Å². The molecule has 2 aliphatic heterocycles. The first-order valence-electron chi connectivity index (χ1n) is 10.8. The van der Waals surface area contributed by atoms with Gasteiger partial charge in [-0.15, -0.1) is 11.8 Å². The van der Waals surface area contributed by atoms with Gasteiger partial charge in [-0.1, -0.05) is 18.2 Å². The van der Waals surface area contributed by atoms with E-state index in [4.69, 9.17) is 0 Å². The van der Waals surface area contributed by atoms with Crippen molar-refractivity contribution in [2.75, 3.05) is 11.7 Å². The average Bonchev–Trinajstić information content (AvgIpc) is 2.98. The van der Waals surface area contributed by atoms with Crippen molar-refractivity contribution in [3.05, 3.63) is 92.9 Å². The van der Waals surface area contributed by atoms with Crippen molar-refractivity contribution in [2.24, 2.45) is 0 Å². The molecular formula is C24H18F5N3O3S. The molecule has 36 heavy (non-hydrogen) atoms. The van der Waals surface area contributed by atoms with E-state index < -0.39 is 59.3 Å². The number of alkyl halides is 3. The predicted octanol–water partition coefficient (Wildman–Crippen LogP) is 4.53. The van der Waals surface area contributed by atoms with Gasteiger partial charge in [0.15, 0.2) is 11.4 Å². The number of hydrogen-bond acceptors (Lipinski definition) is 5. The molecule has 2 aromatic carbocycles. The molecule has 188 valence electrons. The van der Waals surface area contributed by atoms with Crippen LogP contribution in [0.2, 0.25) is 0 Å². The molecule has 0 bridgehead atoms. The first-order valence-corrected chi connectivity index (χ1v) is 11.8. The number of hydrogen-bond donors (Lipinski definition) is 1. The van der Waals surface area contributed by atoms with Crippen LogP contribution in [0, 0.1) is 11.6 Å². The standard InChI is InChI=1S/C24H18F5N3O3S/c1-12(24(27,28)29)30-11-32(31-8-7-18(33)21(34)20(31)23(30)35)19-15-6-5-14(25)9-13(15)10-36-22-16(19)3-2-4-17(22)26/h2-9,12,19,34H,10-11H2,1H3/t12-,19+/m1/s1. The third-order valence-corrected chi connectivity index (χ3v) is 7.57. The summed E-state index contributed by atoms with van der Waals surface area (Å²) in [5.41, 5.74) is -0.251. The Kier molecular flexibility index (Phi) is 5.73. The zero-order valence-electron chi connectivity index (χ0n) is 18.6. The summed E-state index contributed by atoms with van der Waals surface area (Å²) in [6.45, 7) is 0.181. The van der Waals surface area contributed by atoms with E-state index in [1.165, 1.54) is 41.5 Å². The van der Waals surface area contributed by atoms with Crippen LogP contribution in [-0.2, 0) is 5.75 Å². The third-order valence-electron chi connectivity index (χ3n) is 6.39. The van der Waals surface area contributed by atoms with Crippen molar-refractivity contribution in [1.82, 2.24) is 9.58 Å². The van der Waals surface area contributed by atoms with Crippen LogP contribution in [0.15, 0.2) is 58.4 Å². The van der Waals surface area contributed by atoms with Crippen molar-refractivity contribution < 1.29 is 31.9 Å². The molecule has 2 atom stereocenters. The Morgan fingerprint density at radius 2 is 1.83 bits per heavy atom. The fourth-order valence-electron chi connectivity index (χ4n) is 4.53. The maximum atomic E-state index is 14.9. The van der Waals surface area contributed by atoms with Gasteiger partial charge in [-0.05, 0) is 41.8 Å². The SMILES string of the molecule is C[C@@H](N1CN([C@H]2c3ccc(F)cc3CSc3c(F)cccc32)n2ccc(=O)c(O)c2C1=O)C(F)(F)F. The number of carbonyl (C=O) groups excluding carboxylic acids is 1. The molecule has 0 radical (unpaired) electrons. The number of halogens is 5. The minimum atomic E-state index is -4.81. The normalized spacial score (nSPS) is 18.3. The molecule has 0 saturated carbocycles. The van der Waals surface area contributed by atoms with Crippen LogP contribution in [0.5, 0.6) is 5.75 Å². The van der Waals surface area contributed by atoms with E-state index in [-0.39, 0.29) is 10.6 Å². The van der Waals surface area contributed by atoms with Crippen molar-refractivity contribution in [2.45, 2.75) is 35.8 Å². The Morgan fingerprint density at radius 3 is 2.56 bits per heavy atom. The average molecular weight is 523 g/mol. The fourth-order valence-corrected chi connectivity index (χ4v) is 5.64. The van der Waals surface area contributed by atoms with Crippen LogP contribution < -0.4 is 10.4 Å². The van der Waals surface area contributed by atoms with Gasteiger partial charge in [0, 0.05) is 22.9 Å². The lowest BCUT2D eigenvalue weighted by Crippen LogP contribution is -2.60. The van der Waals surface area contributed by atoms with Gasteiger partial charge in [0.25, 0.3) is 5.91 Å². The second kappa shape index (κ2) is 8.54. The maximum Gasteiger partial charge on any atom is 0.408 e. The number of rotatable bonds is 2. The molecule has 3 aromatic rings. The summed E-state index contributed by atoms with van der Waals surface area (Å²) in [5, 5.41) is 11.8. The van der Waals surface area contributed by atoms with Crippen LogP contribution in [0.1, 0.15) is 40.1 Å². The fraction of sp³-hybridized carbons (Fsp3) is 0.250. The molecule has 5 rings (SSSR count). The second-order valence-corrected chi connectivity index (χ2v) is 9.47. The zero-order valence-corrected chi connectivity index (χ0v) is 19.4. The molecule has 12 heteroatoms. The van der Waals surface area contributed by atoms with Gasteiger partial charge >= 0.3 is 6.18 Å². The van der Waals surface area contributed by atoms with Gasteiger partial charge in [0.1, 0.15) is 24.3 Å². The Morgan fingerprint density at radius 1 is 1.08 bits per heavy atom. The summed E-state index contributed by atoms with van der Waals surface area (Å²) in [5.74, 6) is -3.11. The topological polar surface area (TPSA) is 65.8 Å². The van der Waals surface area contributed by atoms with Crippen molar-refractivity contribution in [1.29, 1.82) is 0 Å².